The SMILES string of the molecule is CCOc1cc(/C=N\NC(=O)CCc2ccccc2)cc(Cl)c1O. The van der Waals surface area contributed by atoms with Gasteiger partial charge in [0.15, 0.2) is 11.5 Å². The number of hydrogen-bond donors (Lipinski definition) is 2. The number of rotatable bonds is 7. The number of nitrogens with zero attached hydrogens (tertiary/aromatic N) is 1. The number of ether oxygens (including phenoxy) is 1. The molecule has 5 nitrogen and oxygen atoms in total. The number of hydrogen-bond acceptors (Lipinski definition) is 4. The number of aromatic hydroxyl groups is 1. The Morgan fingerprint density at radius 3 is 2.79 bits per heavy atom. The van der Waals surface area contributed by atoms with E-state index in [9.17, 15) is 9.90 Å². The maximum Gasteiger partial charge on any atom is 0.240 e. The number of aryl methyl sites for hydroxylation is 1. The third kappa shape index (κ3) is 5.28. The van der Waals surface area contributed by atoms with E-state index in [0.717, 1.165) is 5.56 Å². The third-order valence-electron chi connectivity index (χ3n) is 3.24. The zero-order valence-corrected chi connectivity index (χ0v) is 14.1. The molecule has 0 bridgehead atoms. The number of carbonyl (C=O) groups is 1. The fraction of sp³-hybridized carbons (Fsp3) is 0.222. The first-order valence-electron chi connectivity index (χ1n) is 7.61. The number of nitrogens with one attached hydrogen (secondary N) is 1. The molecule has 0 saturated carbocycles. The number of phenols is 1. The van der Waals surface area contributed by atoms with E-state index in [0.29, 0.717) is 25.0 Å². The summed E-state index contributed by atoms with van der Waals surface area (Å²) in [5, 5.41) is 13.8. The van der Waals surface area contributed by atoms with Crippen molar-refractivity contribution in [1.82, 2.24) is 5.43 Å². The van der Waals surface area contributed by atoms with Crippen LogP contribution in [0.2, 0.25) is 5.02 Å². The first-order chi connectivity index (χ1) is 11.6. The van der Waals surface area contributed by atoms with Gasteiger partial charge in [-0.25, -0.2) is 5.43 Å². The van der Waals surface area contributed by atoms with Gasteiger partial charge in [-0.15, -0.1) is 0 Å². The van der Waals surface area contributed by atoms with E-state index in [1.165, 1.54) is 6.21 Å². The molecule has 0 radical (unpaired) electrons. The number of phenolic OH excluding ortho intramolecular Hbond substituents is 1. The van der Waals surface area contributed by atoms with Gasteiger partial charge in [-0.1, -0.05) is 41.9 Å². The fourth-order valence-electron chi connectivity index (χ4n) is 2.07. The molecular formula is C18H19ClN2O3. The van der Waals surface area contributed by atoms with Gasteiger partial charge in [-0.05, 0) is 36.6 Å². The minimum Gasteiger partial charge on any atom is -0.503 e. The van der Waals surface area contributed by atoms with Crippen LogP contribution in [0.4, 0.5) is 0 Å². The van der Waals surface area contributed by atoms with Gasteiger partial charge in [0.1, 0.15) is 0 Å². The topological polar surface area (TPSA) is 70.9 Å². The van der Waals surface area contributed by atoms with Crippen molar-refractivity contribution in [1.29, 1.82) is 0 Å². The number of amides is 1. The second-order valence-electron chi connectivity index (χ2n) is 5.06. The predicted octanol–water partition coefficient (Wildman–Crippen LogP) is 3.53. The van der Waals surface area contributed by atoms with E-state index < -0.39 is 0 Å². The van der Waals surface area contributed by atoms with E-state index in [-0.39, 0.29) is 22.4 Å². The average Bonchev–Trinajstić information content (AvgIpc) is 2.58. The molecule has 0 aliphatic rings. The van der Waals surface area contributed by atoms with Crippen molar-refractivity contribution in [2.45, 2.75) is 19.8 Å². The van der Waals surface area contributed by atoms with E-state index in [4.69, 9.17) is 16.3 Å². The maximum atomic E-state index is 11.8. The van der Waals surface area contributed by atoms with Crippen LogP contribution in [0.15, 0.2) is 47.6 Å². The largest absolute Gasteiger partial charge is 0.503 e. The lowest BCUT2D eigenvalue weighted by Crippen LogP contribution is -2.17. The van der Waals surface area contributed by atoms with Crippen molar-refractivity contribution in [2.75, 3.05) is 6.61 Å². The number of carbonyl (C=O) groups excluding carboxylic acids is 1. The van der Waals surface area contributed by atoms with Gasteiger partial charge in [0.2, 0.25) is 5.91 Å². The number of halogens is 1. The summed E-state index contributed by atoms with van der Waals surface area (Å²) in [6.45, 7) is 2.21. The Balaban J connectivity index is 1.90. The summed E-state index contributed by atoms with van der Waals surface area (Å²) >= 11 is 5.93. The Labute approximate surface area is 145 Å². The van der Waals surface area contributed by atoms with E-state index in [1.54, 1.807) is 19.1 Å². The maximum absolute atomic E-state index is 11.8. The van der Waals surface area contributed by atoms with Crippen LogP contribution in [-0.4, -0.2) is 23.8 Å². The van der Waals surface area contributed by atoms with Gasteiger partial charge >= 0.3 is 0 Å². The zero-order valence-electron chi connectivity index (χ0n) is 13.3. The van der Waals surface area contributed by atoms with Crippen LogP contribution in [0.25, 0.3) is 0 Å². The number of benzene rings is 2. The van der Waals surface area contributed by atoms with Crippen LogP contribution in [0, 0.1) is 0 Å². The molecule has 0 aromatic heterocycles. The highest BCUT2D eigenvalue weighted by Crippen LogP contribution is 2.34. The number of hydrazone groups is 1. The monoisotopic (exact) mass is 346 g/mol. The van der Waals surface area contributed by atoms with Gasteiger partial charge in [0, 0.05) is 6.42 Å². The molecule has 1 amide bonds. The molecule has 24 heavy (non-hydrogen) atoms. The molecule has 0 aliphatic heterocycles. The van der Waals surface area contributed by atoms with Crippen LogP contribution >= 0.6 is 11.6 Å². The summed E-state index contributed by atoms with van der Waals surface area (Å²) < 4.78 is 5.29. The Bertz CT molecular complexity index is 718. The van der Waals surface area contributed by atoms with Crippen molar-refractivity contribution >= 4 is 23.7 Å². The zero-order chi connectivity index (χ0) is 17.4. The summed E-state index contributed by atoms with van der Waals surface area (Å²) in [5.74, 6) is -0.00516. The summed E-state index contributed by atoms with van der Waals surface area (Å²) in [6.07, 6.45) is 2.46. The van der Waals surface area contributed by atoms with E-state index >= 15 is 0 Å². The van der Waals surface area contributed by atoms with Crippen LogP contribution in [0.1, 0.15) is 24.5 Å². The van der Waals surface area contributed by atoms with Crippen LogP contribution in [0.5, 0.6) is 11.5 Å². The Morgan fingerprint density at radius 1 is 1.33 bits per heavy atom. The highest BCUT2D eigenvalue weighted by Gasteiger charge is 2.08. The lowest BCUT2D eigenvalue weighted by molar-refractivity contribution is -0.121. The Morgan fingerprint density at radius 2 is 2.08 bits per heavy atom. The van der Waals surface area contributed by atoms with Crippen molar-refractivity contribution in [3.63, 3.8) is 0 Å². The summed E-state index contributed by atoms with van der Waals surface area (Å²) in [4.78, 5) is 11.8. The predicted molar refractivity (Wildman–Crippen MR) is 94.8 cm³/mol. The van der Waals surface area contributed by atoms with Crippen molar-refractivity contribution in [3.05, 3.63) is 58.6 Å². The lowest BCUT2D eigenvalue weighted by Gasteiger charge is -2.08. The molecule has 0 spiro atoms. The summed E-state index contributed by atoms with van der Waals surface area (Å²) in [5.41, 5.74) is 4.19. The smallest absolute Gasteiger partial charge is 0.240 e. The fourth-order valence-corrected chi connectivity index (χ4v) is 2.29. The molecule has 126 valence electrons. The van der Waals surface area contributed by atoms with Crippen LogP contribution < -0.4 is 10.2 Å². The van der Waals surface area contributed by atoms with Crippen LogP contribution in [-0.2, 0) is 11.2 Å². The molecule has 0 aliphatic carbocycles. The molecule has 0 atom stereocenters. The first-order valence-corrected chi connectivity index (χ1v) is 7.99. The van der Waals surface area contributed by atoms with Gasteiger partial charge in [-0.3, -0.25) is 4.79 Å². The molecule has 2 aromatic rings. The van der Waals surface area contributed by atoms with Gasteiger partial charge < -0.3 is 9.84 Å². The quantitative estimate of drug-likeness (QED) is 0.595. The summed E-state index contributed by atoms with van der Waals surface area (Å²) in [7, 11) is 0. The van der Waals surface area contributed by atoms with E-state index in [1.807, 2.05) is 30.3 Å². The Kier molecular flexibility index (Phi) is 6.63. The van der Waals surface area contributed by atoms with Crippen molar-refractivity contribution < 1.29 is 14.6 Å². The normalized spacial score (nSPS) is 10.8. The average molecular weight is 347 g/mol. The third-order valence-corrected chi connectivity index (χ3v) is 3.53. The second-order valence-corrected chi connectivity index (χ2v) is 5.47. The second kappa shape index (κ2) is 8.93. The molecule has 2 aromatic carbocycles. The molecule has 6 heteroatoms. The standard InChI is InChI=1S/C18H19ClN2O3/c1-2-24-16-11-14(10-15(19)18(16)23)12-20-21-17(22)9-8-13-6-4-3-5-7-13/h3-7,10-12,23H,2,8-9H2,1H3,(H,21,22)/b20-12-. The minimum absolute atomic E-state index is 0.109. The molecule has 0 saturated heterocycles. The molecule has 0 unspecified atom stereocenters. The minimum atomic E-state index is -0.176. The van der Waals surface area contributed by atoms with Crippen molar-refractivity contribution in [3.8, 4) is 11.5 Å². The summed E-state index contributed by atoms with van der Waals surface area (Å²) in [6, 6.07) is 12.9. The first kappa shape index (κ1) is 17.8. The van der Waals surface area contributed by atoms with E-state index in [2.05, 4.69) is 10.5 Å². The Hall–Kier alpha value is -2.53. The molecule has 2 N–H and O–H groups in total. The molecule has 0 fully saturated rings. The van der Waals surface area contributed by atoms with Gasteiger partial charge in [0.05, 0.1) is 17.8 Å². The highest BCUT2D eigenvalue weighted by molar-refractivity contribution is 6.32. The van der Waals surface area contributed by atoms with Crippen molar-refractivity contribution in [2.24, 2.45) is 5.10 Å². The highest BCUT2D eigenvalue weighted by atomic mass is 35.5. The molecular weight excluding hydrogens is 328 g/mol. The van der Waals surface area contributed by atoms with Gasteiger partial charge in [-0.2, -0.15) is 5.10 Å². The molecule has 2 rings (SSSR count). The van der Waals surface area contributed by atoms with Gasteiger partial charge in [0.25, 0.3) is 0 Å². The molecule has 0 heterocycles. The lowest BCUT2D eigenvalue weighted by atomic mass is 10.1. The van der Waals surface area contributed by atoms with Crippen LogP contribution in [0.3, 0.4) is 0 Å².